The number of hydrogen-bond donors (Lipinski definition) is 1. The SMILES string of the molecule is CCC(C)C1C(=O)NCC(=O)N1CC(F)(F)F. The lowest BCUT2D eigenvalue weighted by Crippen LogP contribution is -2.62. The second-order valence-electron chi connectivity index (χ2n) is 4.18. The Hall–Kier alpha value is -1.27. The smallest absolute Gasteiger partial charge is 0.345 e. The van der Waals surface area contributed by atoms with Crippen LogP contribution in [0.1, 0.15) is 20.3 Å². The summed E-state index contributed by atoms with van der Waals surface area (Å²) in [6.45, 7) is 1.70. The van der Waals surface area contributed by atoms with Crippen LogP contribution < -0.4 is 5.32 Å². The summed E-state index contributed by atoms with van der Waals surface area (Å²) < 4.78 is 37.1. The van der Waals surface area contributed by atoms with E-state index in [9.17, 15) is 22.8 Å². The zero-order valence-electron chi connectivity index (χ0n) is 9.67. The standard InChI is InChI=1S/C10H15F3N2O2/c1-3-6(2)8-9(17)14-4-7(16)15(8)5-10(11,12)13/h6,8H,3-5H2,1-2H3,(H,14,17). The summed E-state index contributed by atoms with van der Waals surface area (Å²) in [6, 6.07) is -1.03. The molecule has 0 aromatic heterocycles. The summed E-state index contributed by atoms with van der Waals surface area (Å²) in [5.41, 5.74) is 0. The van der Waals surface area contributed by atoms with Crippen LogP contribution in [0.5, 0.6) is 0 Å². The Morgan fingerprint density at radius 3 is 2.53 bits per heavy atom. The van der Waals surface area contributed by atoms with Crippen LogP contribution >= 0.6 is 0 Å². The van der Waals surface area contributed by atoms with E-state index in [2.05, 4.69) is 5.32 Å². The average molecular weight is 252 g/mol. The molecule has 2 unspecified atom stereocenters. The number of carbonyl (C=O) groups excluding carboxylic acids is 2. The fraction of sp³-hybridized carbons (Fsp3) is 0.800. The van der Waals surface area contributed by atoms with Crippen LogP contribution in [0.15, 0.2) is 0 Å². The molecule has 1 fully saturated rings. The third-order valence-electron chi connectivity index (χ3n) is 2.87. The van der Waals surface area contributed by atoms with Gasteiger partial charge in [0.1, 0.15) is 12.6 Å². The molecule has 0 radical (unpaired) electrons. The first kappa shape index (κ1) is 13.8. The van der Waals surface area contributed by atoms with Gasteiger partial charge in [0.05, 0.1) is 6.54 Å². The molecule has 1 heterocycles. The van der Waals surface area contributed by atoms with Crippen molar-refractivity contribution >= 4 is 11.8 Å². The third-order valence-corrected chi connectivity index (χ3v) is 2.87. The highest BCUT2D eigenvalue weighted by molar-refractivity contribution is 5.95. The van der Waals surface area contributed by atoms with E-state index in [1.807, 2.05) is 0 Å². The van der Waals surface area contributed by atoms with Gasteiger partial charge in [0.15, 0.2) is 0 Å². The fourth-order valence-electron chi connectivity index (χ4n) is 1.83. The molecule has 17 heavy (non-hydrogen) atoms. The summed E-state index contributed by atoms with van der Waals surface area (Å²) in [5.74, 6) is -1.50. The molecule has 1 saturated heterocycles. The molecule has 0 bridgehead atoms. The van der Waals surface area contributed by atoms with Gasteiger partial charge in [-0.05, 0) is 5.92 Å². The van der Waals surface area contributed by atoms with E-state index in [1.54, 1.807) is 13.8 Å². The second-order valence-corrected chi connectivity index (χ2v) is 4.18. The van der Waals surface area contributed by atoms with E-state index in [0.29, 0.717) is 11.3 Å². The molecule has 1 aliphatic heterocycles. The molecule has 0 aromatic rings. The molecule has 7 heteroatoms. The molecule has 0 spiro atoms. The predicted molar refractivity (Wildman–Crippen MR) is 54.0 cm³/mol. The van der Waals surface area contributed by atoms with Gasteiger partial charge in [0.2, 0.25) is 11.8 Å². The van der Waals surface area contributed by atoms with Crippen molar-refractivity contribution < 1.29 is 22.8 Å². The molecular weight excluding hydrogens is 237 g/mol. The molecule has 0 saturated carbocycles. The number of hydrogen-bond acceptors (Lipinski definition) is 2. The van der Waals surface area contributed by atoms with Gasteiger partial charge in [-0.3, -0.25) is 9.59 Å². The van der Waals surface area contributed by atoms with Crippen molar-refractivity contribution in [1.29, 1.82) is 0 Å². The van der Waals surface area contributed by atoms with Crippen molar-refractivity contribution in [2.45, 2.75) is 32.5 Å². The summed E-state index contributed by atoms with van der Waals surface area (Å²) in [4.78, 5) is 23.7. The van der Waals surface area contributed by atoms with Crippen LogP contribution in [-0.2, 0) is 9.59 Å². The van der Waals surface area contributed by atoms with Crippen LogP contribution in [0, 0.1) is 5.92 Å². The molecule has 0 aliphatic carbocycles. The zero-order valence-corrected chi connectivity index (χ0v) is 9.67. The Morgan fingerprint density at radius 1 is 1.47 bits per heavy atom. The van der Waals surface area contributed by atoms with Crippen LogP contribution in [-0.4, -0.2) is 42.0 Å². The lowest BCUT2D eigenvalue weighted by molar-refractivity contribution is -0.173. The largest absolute Gasteiger partial charge is 0.406 e. The molecule has 1 aliphatic rings. The van der Waals surface area contributed by atoms with E-state index < -0.39 is 30.6 Å². The Balaban J connectivity index is 2.92. The Bertz CT molecular complexity index is 317. The molecule has 98 valence electrons. The monoisotopic (exact) mass is 252 g/mol. The van der Waals surface area contributed by atoms with E-state index in [4.69, 9.17) is 0 Å². The molecular formula is C10H15F3N2O2. The Labute approximate surface area is 97.1 Å². The van der Waals surface area contributed by atoms with Gasteiger partial charge in [-0.1, -0.05) is 20.3 Å². The minimum atomic E-state index is -4.49. The molecule has 2 atom stereocenters. The average Bonchev–Trinajstić information content (AvgIpc) is 2.21. The maximum atomic E-state index is 12.4. The zero-order chi connectivity index (χ0) is 13.2. The number of nitrogens with zero attached hydrogens (tertiary/aromatic N) is 1. The van der Waals surface area contributed by atoms with Crippen LogP contribution in [0.25, 0.3) is 0 Å². The van der Waals surface area contributed by atoms with Gasteiger partial charge in [0, 0.05) is 0 Å². The Kier molecular flexibility index (Phi) is 4.00. The molecule has 1 N–H and O–H groups in total. The molecule has 4 nitrogen and oxygen atoms in total. The maximum Gasteiger partial charge on any atom is 0.406 e. The number of amides is 2. The highest BCUT2D eigenvalue weighted by Crippen LogP contribution is 2.23. The predicted octanol–water partition coefficient (Wildman–Crippen LogP) is 0.922. The number of carbonyl (C=O) groups is 2. The van der Waals surface area contributed by atoms with Crippen molar-refractivity contribution in [2.75, 3.05) is 13.1 Å². The van der Waals surface area contributed by atoms with Crippen LogP contribution in [0.2, 0.25) is 0 Å². The number of piperazine rings is 1. The first-order valence-corrected chi connectivity index (χ1v) is 5.40. The second kappa shape index (κ2) is 4.93. The first-order chi connectivity index (χ1) is 7.76. The highest BCUT2D eigenvalue weighted by Gasteiger charge is 2.43. The van der Waals surface area contributed by atoms with E-state index in [-0.39, 0.29) is 12.5 Å². The van der Waals surface area contributed by atoms with Crippen molar-refractivity contribution in [3.63, 3.8) is 0 Å². The summed E-state index contributed by atoms with van der Waals surface area (Å²) >= 11 is 0. The minimum absolute atomic E-state index is 0.304. The van der Waals surface area contributed by atoms with Crippen molar-refractivity contribution in [3.8, 4) is 0 Å². The van der Waals surface area contributed by atoms with E-state index >= 15 is 0 Å². The van der Waals surface area contributed by atoms with Crippen LogP contribution in [0.3, 0.4) is 0 Å². The van der Waals surface area contributed by atoms with Gasteiger partial charge in [-0.2, -0.15) is 13.2 Å². The number of halogens is 3. The van der Waals surface area contributed by atoms with Gasteiger partial charge in [-0.15, -0.1) is 0 Å². The van der Waals surface area contributed by atoms with Gasteiger partial charge in [0.25, 0.3) is 0 Å². The number of rotatable bonds is 3. The molecule has 0 aromatic carbocycles. The van der Waals surface area contributed by atoms with Crippen molar-refractivity contribution in [2.24, 2.45) is 5.92 Å². The lowest BCUT2D eigenvalue weighted by Gasteiger charge is -2.38. The number of alkyl halides is 3. The summed E-state index contributed by atoms with van der Waals surface area (Å²) in [5, 5.41) is 2.32. The molecule has 1 rings (SSSR count). The van der Waals surface area contributed by atoms with Gasteiger partial charge in [-0.25, -0.2) is 0 Å². The summed E-state index contributed by atoms with van der Waals surface area (Å²) in [7, 11) is 0. The normalized spacial score (nSPS) is 23.6. The quantitative estimate of drug-likeness (QED) is 0.812. The fourth-order valence-corrected chi connectivity index (χ4v) is 1.83. The third kappa shape index (κ3) is 3.34. The first-order valence-electron chi connectivity index (χ1n) is 5.40. The summed E-state index contributed by atoms with van der Waals surface area (Å²) in [6.07, 6.45) is -3.96. The minimum Gasteiger partial charge on any atom is -0.345 e. The van der Waals surface area contributed by atoms with E-state index in [1.165, 1.54) is 0 Å². The Morgan fingerprint density at radius 2 is 2.06 bits per heavy atom. The highest BCUT2D eigenvalue weighted by atomic mass is 19.4. The molecule has 2 amide bonds. The van der Waals surface area contributed by atoms with E-state index in [0.717, 1.165) is 0 Å². The van der Waals surface area contributed by atoms with Crippen LogP contribution in [0.4, 0.5) is 13.2 Å². The number of nitrogens with one attached hydrogen (secondary N) is 1. The van der Waals surface area contributed by atoms with Gasteiger partial charge >= 0.3 is 6.18 Å². The van der Waals surface area contributed by atoms with Crippen molar-refractivity contribution in [1.82, 2.24) is 10.2 Å². The van der Waals surface area contributed by atoms with Crippen molar-refractivity contribution in [3.05, 3.63) is 0 Å². The van der Waals surface area contributed by atoms with Gasteiger partial charge < -0.3 is 10.2 Å². The topological polar surface area (TPSA) is 49.4 Å². The lowest BCUT2D eigenvalue weighted by atomic mass is 9.95. The maximum absolute atomic E-state index is 12.4.